The number of thiazole rings is 1. The molecule has 138 valence electrons. The number of Topliss-reactive ketones (excluding diaryl/α,β-unsaturated/α-hetero) is 1. The molecule has 0 spiro atoms. The van der Waals surface area contributed by atoms with Crippen molar-refractivity contribution in [3.05, 3.63) is 95.0 Å². The molecule has 4 heteroatoms. The quantitative estimate of drug-likeness (QED) is 0.323. The predicted molar refractivity (Wildman–Crippen MR) is 119 cm³/mol. The summed E-state index contributed by atoms with van der Waals surface area (Å²) < 4.78 is 1.08. The zero-order valence-electron chi connectivity index (χ0n) is 15.8. The van der Waals surface area contributed by atoms with E-state index in [4.69, 9.17) is 4.98 Å². The van der Waals surface area contributed by atoms with Crippen molar-refractivity contribution in [2.45, 2.75) is 0 Å². The van der Waals surface area contributed by atoms with Gasteiger partial charge in [0.2, 0.25) is 0 Å². The van der Waals surface area contributed by atoms with Crippen molar-refractivity contribution in [2.75, 3.05) is 19.0 Å². The van der Waals surface area contributed by atoms with Crippen LogP contribution in [0.3, 0.4) is 0 Å². The summed E-state index contributed by atoms with van der Waals surface area (Å²) in [5, 5.41) is 0.742. The van der Waals surface area contributed by atoms with E-state index in [9.17, 15) is 4.79 Å². The third kappa shape index (κ3) is 3.73. The maximum atomic E-state index is 13.3. The van der Waals surface area contributed by atoms with Gasteiger partial charge in [-0.1, -0.05) is 54.6 Å². The molecular formula is C24H20N2OS. The van der Waals surface area contributed by atoms with E-state index in [-0.39, 0.29) is 5.78 Å². The van der Waals surface area contributed by atoms with Crippen LogP contribution in [0.15, 0.2) is 78.9 Å². The number of hydrogen-bond acceptors (Lipinski definition) is 4. The monoisotopic (exact) mass is 384 g/mol. The molecule has 0 unspecified atom stereocenters. The highest BCUT2D eigenvalue weighted by molar-refractivity contribution is 7.20. The first-order valence-electron chi connectivity index (χ1n) is 9.06. The number of aromatic nitrogens is 1. The Kier molecular flexibility index (Phi) is 5.04. The molecule has 0 amide bonds. The Balaban J connectivity index is 1.82. The molecule has 0 bridgehead atoms. The van der Waals surface area contributed by atoms with E-state index in [0.29, 0.717) is 11.1 Å². The number of ketones is 1. The van der Waals surface area contributed by atoms with Crippen molar-refractivity contribution in [2.24, 2.45) is 0 Å². The highest BCUT2D eigenvalue weighted by Gasteiger charge is 2.18. The summed E-state index contributed by atoms with van der Waals surface area (Å²) in [6.45, 7) is 0. The van der Waals surface area contributed by atoms with Gasteiger partial charge in [-0.3, -0.25) is 4.79 Å². The smallest absolute Gasteiger partial charge is 0.196 e. The predicted octanol–water partition coefficient (Wildman–Crippen LogP) is 5.79. The van der Waals surface area contributed by atoms with Crippen molar-refractivity contribution >= 4 is 44.7 Å². The number of fused-ring (bicyclic) bond motifs is 1. The molecule has 28 heavy (non-hydrogen) atoms. The van der Waals surface area contributed by atoms with Gasteiger partial charge in [0.15, 0.2) is 5.78 Å². The Labute approximate surface area is 168 Å². The first-order chi connectivity index (χ1) is 13.6. The summed E-state index contributed by atoms with van der Waals surface area (Å²) in [5.74, 6) is -0.0173. The third-order valence-corrected chi connectivity index (χ3v) is 5.60. The molecule has 0 N–H and O–H groups in total. The SMILES string of the molecule is CN(C)c1ccc(C=C(C(=O)c2ccccc2)c2nc3ccccc3s2)cc1. The standard InChI is InChI=1S/C24H20N2OS/c1-26(2)19-14-12-17(13-15-19)16-20(23(27)18-8-4-3-5-9-18)24-25-21-10-6-7-11-22(21)28-24/h3-16H,1-2H3. The van der Waals surface area contributed by atoms with E-state index in [0.717, 1.165) is 26.5 Å². The van der Waals surface area contributed by atoms with Crippen molar-refractivity contribution in [1.29, 1.82) is 0 Å². The van der Waals surface area contributed by atoms with Crippen LogP contribution in [0.5, 0.6) is 0 Å². The van der Waals surface area contributed by atoms with E-state index >= 15 is 0 Å². The second-order valence-electron chi connectivity index (χ2n) is 6.73. The van der Waals surface area contributed by atoms with Crippen LogP contribution >= 0.6 is 11.3 Å². The first-order valence-corrected chi connectivity index (χ1v) is 9.88. The van der Waals surface area contributed by atoms with Gasteiger partial charge < -0.3 is 4.90 Å². The Morgan fingerprint density at radius 3 is 2.25 bits per heavy atom. The molecule has 3 aromatic carbocycles. The van der Waals surface area contributed by atoms with Crippen LogP contribution in [0.2, 0.25) is 0 Å². The third-order valence-electron chi connectivity index (χ3n) is 4.53. The summed E-state index contributed by atoms with van der Waals surface area (Å²) in [4.78, 5) is 20.1. The topological polar surface area (TPSA) is 33.2 Å². The van der Waals surface area contributed by atoms with E-state index in [1.165, 1.54) is 0 Å². The van der Waals surface area contributed by atoms with Gasteiger partial charge >= 0.3 is 0 Å². The summed E-state index contributed by atoms with van der Waals surface area (Å²) in [6.07, 6.45) is 1.94. The Morgan fingerprint density at radius 1 is 0.893 bits per heavy atom. The zero-order chi connectivity index (χ0) is 19.5. The minimum atomic E-state index is -0.0173. The number of benzene rings is 3. The number of hydrogen-bond donors (Lipinski definition) is 0. The van der Waals surface area contributed by atoms with Gasteiger partial charge in [-0.15, -0.1) is 11.3 Å². The van der Waals surface area contributed by atoms with Gasteiger partial charge in [0.05, 0.1) is 15.8 Å². The van der Waals surface area contributed by atoms with Crippen LogP contribution in [0.1, 0.15) is 20.9 Å². The lowest BCUT2D eigenvalue weighted by molar-refractivity contribution is 0.105. The van der Waals surface area contributed by atoms with Crippen LogP contribution in [-0.4, -0.2) is 24.9 Å². The van der Waals surface area contributed by atoms with Crippen LogP contribution < -0.4 is 4.90 Å². The summed E-state index contributed by atoms with van der Waals surface area (Å²) >= 11 is 1.55. The maximum absolute atomic E-state index is 13.3. The van der Waals surface area contributed by atoms with Crippen LogP contribution in [-0.2, 0) is 0 Å². The van der Waals surface area contributed by atoms with E-state index < -0.39 is 0 Å². The summed E-state index contributed by atoms with van der Waals surface area (Å²) in [7, 11) is 4.02. The van der Waals surface area contributed by atoms with Gasteiger partial charge in [-0.25, -0.2) is 4.98 Å². The largest absolute Gasteiger partial charge is 0.378 e. The zero-order valence-corrected chi connectivity index (χ0v) is 16.6. The average molecular weight is 385 g/mol. The molecule has 1 heterocycles. The highest BCUT2D eigenvalue weighted by Crippen LogP contribution is 2.31. The Morgan fingerprint density at radius 2 is 1.57 bits per heavy atom. The van der Waals surface area contributed by atoms with Gasteiger partial charge in [0.25, 0.3) is 0 Å². The molecule has 4 aromatic rings. The number of rotatable bonds is 5. The summed E-state index contributed by atoms with van der Waals surface area (Å²) in [6, 6.07) is 25.5. The highest BCUT2D eigenvalue weighted by atomic mass is 32.1. The normalized spacial score (nSPS) is 11.6. The molecule has 3 nitrogen and oxygen atoms in total. The molecular weight excluding hydrogens is 364 g/mol. The number of allylic oxidation sites excluding steroid dienone is 1. The molecule has 0 aliphatic carbocycles. The lowest BCUT2D eigenvalue weighted by atomic mass is 10.0. The molecule has 0 fully saturated rings. The van der Waals surface area contributed by atoms with Gasteiger partial charge in [0.1, 0.15) is 5.01 Å². The molecule has 0 atom stereocenters. The number of carbonyl (C=O) groups is 1. The van der Waals surface area contributed by atoms with Gasteiger partial charge in [0, 0.05) is 25.3 Å². The Hall–Kier alpha value is -3.24. The number of carbonyl (C=O) groups excluding carboxylic acids is 1. The molecule has 1 aromatic heterocycles. The second-order valence-corrected chi connectivity index (χ2v) is 7.76. The maximum Gasteiger partial charge on any atom is 0.196 e. The fourth-order valence-corrected chi connectivity index (χ4v) is 3.97. The average Bonchev–Trinajstić information content (AvgIpc) is 3.16. The van der Waals surface area contributed by atoms with Gasteiger partial charge in [-0.05, 0) is 35.9 Å². The molecule has 0 radical (unpaired) electrons. The molecule has 0 aliphatic rings. The Bertz CT molecular complexity index is 1110. The van der Waals surface area contributed by atoms with Crippen molar-refractivity contribution < 1.29 is 4.79 Å². The summed E-state index contributed by atoms with van der Waals surface area (Å²) in [5.41, 5.74) is 4.29. The van der Waals surface area contributed by atoms with Crippen molar-refractivity contribution in [3.63, 3.8) is 0 Å². The van der Waals surface area contributed by atoms with Crippen LogP contribution in [0.25, 0.3) is 21.9 Å². The lowest BCUT2D eigenvalue weighted by Crippen LogP contribution is -2.08. The second kappa shape index (κ2) is 7.79. The van der Waals surface area contributed by atoms with Gasteiger partial charge in [-0.2, -0.15) is 0 Å². The van der Waals surface area contributed by atoms with Crippen LogP contribution in [0.4, 0.5) is 5.69 Å². The molecule has 4 rings (SSSR count). The fourth-order valence-electron chi connectivity index (χ4n) is 2.99. The van der Waals surface area contributed by atoms with Crippen LogP contribution in [0, 0.1) is 0 Å². The molecule has 0 saturated heterocycles. The number of anilines is 1. The minimum absolute atomic E-state index is 0.0173. The van der Waals surface area contributed by atoms with Crippen molar-refractivity contribution in [3.8, 4) is 0 Å². The minimum Gasteiger partial charge on any atom is -0.378 e. The fraction of sp³-hybridized carbons (Fsp3) is 0.0833. The van der Waals surface area contributed by atoms with Crippen molar-refractivity contribution in [1.82, 2.24) is 4.98 Å². The first kappa shape index (κ1) is 18.1. The van der Waals surface area contributed by atoms with E-state index in [1.807, 2.05) is 86.9 Å². The van der Waals surface area contributed by atoms with E-state index in [2.05, 4.69) is 17.0 Å². The van der Waals surface area contributed by atoms with E-state index in [1.54, 1.807) is 11.3 Å². The number of nitrogens with zero attached hydrogens (tertiary/aromatic N) is 2. The molecule has 0 aliphatic heterocycles. The lowest BCUT2D eigenvalue weighted by Gasteiger charge is -2.12. The number of para-hydroxylation sites is 1. The molecule has 0 saturated carbocycles.